The number of carbonyl (C=O) groups is 1. The monoisotopic (exact) mass is 221 g/mol. The van der Waals surface area contributed by atoms with Crippen molar-refractivity contribution >= 4 is 11.6 Å². The molecule has 1 aromatic carbocycles. The molecule has 3 N–H and O–H groups in total. The van der Waals surface area contributed by atoms with Gasteiger partial charge >= 0.3 is 0 Å². The van der Waals surface area contributed by atoms with Crippen molar-refractivity contribution < 1.29 is 9.18 Å². The zero-order chi connectivity index (χ0) is 12.3. The molecular weight excluding hydrogens is 209 g/mol. The van der Waals surface area contributed by atoms with E-state index in [4.69, 9.17) is 11.0 Å². The molecule has 0 aliphatic carbocycles. The van der Waals surface area contributed by atoms with E-state index in [1.807, 2.05) is 0 Å². The van der Waals surface area contributed by atoms with Crippen LogP contribution in [0.1, 0.15) is 19.4 Å². The SMILES string of the molecule is CC(C)(N)C(=O)Nc1ccc(C#N)cc1F. The molecular formula is C11H12FN3O. The lowest BCUT2D eigenvalue weighted by molar-refractivity contribution is -0.120. The number of hydrogen-bond donors (Lipinski definition) is 2. The summed E-state index contributed by atoms with van der Waals surface area (Å²) in [4.78, 5) is 11.5. The van der Waals surface area contributed by atoms with Crippen LogP contribution in [0.15, 0.2) is 18.2 Å². The van der Waals surface area contributed by atoms with E-state index < -0.39 is 17.3 Å². The van der Waals surface area contributed by atoms with Gasteiger partial charge in [0.25, 0.3) is 0 Å². The van der Waals surface area contributed by atoms with Gasteiger partial charge in [-0.05, 0) is 32.0 Å². The van der Waals surface area contributed by atoms with Crippen LogP contribution in [0.4, 0.5) is 10.1 Å². The minimum absolute atomic E-state index is 0.0162. The van der Waals surface area contributed by atoms with E-state index in [0.717, 1.165) is 6.07 Å². The molecule has 0 aliphatic heterocycles. The zero-order valence-electron chi connectivity index (χ0n) is 9.04. The summed E-state index contributed by atoms with van der Waals surface area (Å²) in [6.07, 6.45) is 0. The van der Waals surface area contributed by atoms with Crippen LogP contribution in [0, 0.1) is 17.1 Å². The first-order chi connectivity index (χ1) is 7.34. The average molecular weight is 221 g/mol. The van der Waals surface area contributed by atoms with Crippen molar-refractivity contribution in [3.8, 4) is 6.07 Å². The highest BCUT2D eigenvalue weighted by Crippen LogP contribution is 2.16. The van der Waals surface area contributed by atoms with Crippen molar-refractivity contribution in [2.24, 2.45) is 5.73 Å². The number of rotatable bonds is 2. The topological polar surface area (TPSA) is 78.9 Å². The Morgan fingerprint density at radius 2 is 2.19 bits per heavy atom. The first kappa shape index (κ1) is 12.1. The van der Waals surface area contributed by atoms with Gasteiger partial charge in [0.15, 0.2) is 0 Å². The summed E-state index contributed by atoms with van der Waals surface area (Å²) < 4.78 is 13.4. The number of nitrogens with two attached hydrogens (primary N) is 1. The summed E-state index contributed by atoms with van der Waals surface area (Å²) in [6.45, 7) is 3.04. The number of anilines is 1. The molecule has 0 atom stereocenters. The van der Waals surface area contributed by atoms with Gasteiger partial charge in [0, 0.05) is 0 Å². The molecule has 0 saturated carbocycles. The van der Waals surface area contributed by atoms with Crippen LogP contribution in [0.25, 0.3) is 0 Å². The predicted octanol–water partition coefficient (Wildman–Crippen LogP) is 1.37. The minimum Gasteiger partial charge on any atom is -0.322 e. The molecule has 4 nitrogen and oxygen atoms in total. The molecule has 0 aromatic heterocycles. The second-order valence-electron chi connectivity index (χ2n) is 3.98. The summed E-state index contributed by atoms with van der Waals surface area (Å²) >= 11 is 0. The molecule has 0 spiro atoms. The van der Waals surface area contributed by atoms with Crippen LogP contribution >= 0.6 is 0 Å². The summed E-state index contributed by atoms with van der Waals surface area (Å²) in [5.41, 5.74) is 4.68. The van der Waals surface area contributed by atoms with Crippen molar-refractivity contribution in [1.82, 2.24) is 0 Å². The van der Waals surface area contributed by atoms with Gasteiger partial charge in [-0.15, -0.1) is 0 Å². The number of nitriles is 1. The normalized spacial score (nSPS) is 10.7. The Morgan fingerprint density at radius 3 is 2.62 bits per heavy atom. The maximum Gasteiger partial charge on any atom is 0.243 e. The van der Waals surface area contributed by atoms with Crippen LogP contribution in [0.5, 0.6) is 0 Å². The Hall–Kier alpha value is -1.93. The number of hydrogen-bond acceptors (Lipinski definition) is 3. The Labute approximate surface area is 92.9 Å². The summed E-state index contributed by atoms with van der Waals surface area (Å²) in [7, 11) is 0. The molecule has 1 amide bonds. The Balaban J connectivity index is 2.92. The molecule has 0 radical (unpaired) electrons. The third kappa shape index (κ3) is 2.78. The average Bonchev–Trinajstić information content (AvgIpc) is 2.19. The van der Waals surface area contributed by atoms with Gasteiger partial charge in [-0.1, -0.05) is 0 Å². The molecule has 0 fully saturated rings. The van der Waals surface area contributed by atoms with Crippen molar-refractivity contribution in [2.45, 2.75) is 19.4 Å². The second kappa shape index (κ2) is 4.29. The Kier molecular flexibility index (Phi) is 3.25. The highest BCUT2D eigenvalue weighted by atomic mass is 19.1. The maximum absolute atomic E-state index is 13.4. The lowest BCUT2D eigenvalue weighted by Gasteiger charge is -2.17. The van der Waals surface area contributed by atoms with Crippen molar-refractivity contribution in [3.05, 3.63) is 29.6 Å². The minimum atomic E-state index is -1.08. The van der Waals surface area contributed by atoms with Crippen LogP contribution in [-0.4, -0.2) is 11.4 Å². The molecule has 0 bridgehead atoms. The van der Waals surface area contributed by atoms with Crippen LogP contribution in [-0.2, 0) is 4.79 Å². The van der Waals surface area contributed by atoms with Crippen molar-refractivity contribution in [2.75, 3.05) is 5.32 Å². The summed E-state index contributed by atoms with van der Waals surface area (Å²) in [6, 6.07) is 5.61. The molecule has 84 valence electrons. The fraction of sp³-hybridized carbons (Fsp3) is 0.273. The number of carbonyl (C=O) groups excluding carboxylic acids is 1. The quantitative estimate of drug-likeness (QED) is 0.791. The number of halogens is 1. The predicted molar refractivity (Wildman–Crippen MR) is 58.0 cm³/mol. The van der Waals surface area contributed by atoms with Crippen LogP contribution < -0.4 is 11.1 Å². The number of nitrogens with zero attached hydrogens (tertiary/aromatic N) is 1. The maximum atomic E-state index is 13.4. The van der Waals surface area contributed by atoms with E-state index in [2.05, 4.69) is 5.32 Å². The third-order valence-corrected chi connectivity index (χ3v) is 1.93. The smallest absolute Gasteiger partial charge is 0.243 e. The standard InChI is InChI=1S/C11H12FN3O/c1-11(2,14)10(16)15-9-4-3-7(6-13)5-8(9)12/h3-5H,14H2,1-2H3,(H,15,16). The molecule has 0 aliphatic rings. The molecule has 0 heterocycles. The highest BCUT2D eigenvalue weighted by Gasteiger charge is 2.22. The van der Waals surface area contributed by atoms with Gasteiger partial charge in [-0.25, -0.2) is 4.39 Å². The number of benzene rings is 1. The number of amides is 1. The fourth-order valence-electron chi connectivity index (χ4n) is 0.969. The molecule has 0 saturated heterocycles. The first-order valence-corrected chi connectivity index (χ1v) is 4.64. The molecule has 5 heteroatoms. The van der Waals surface area contributed by atoms with Gasteiger partial charge in [0.05, 0.1) is 22.9 Å². The Morgan fingerprint density at radius 1 is 1.56 bits per heavy atom. The van der Waals surface area contributed by atoms with Crippen molar-refractivity contribution in [3.63, 3.8) is 0 Å². The zero-order valence-corrected chi connectivity index (χ0v) is 9.04. The fourth-order valence-corrected chi connectivity index (χ4v) is 0.969. The highest BCUT2D eigenvalue weighted by molar-refractivity contribution is 5.97. The van der Waals surface area contributed by atoms with E-state index in [-0.39, 0.29) is 11.3 Å². The van der Waals surface area contributed by atoms with E-state index in [1.54, 1.807) is 6.07 Å². The first-order valence-electron chi connectivity index (χ1n) is 4.64. The lowest BCUT2D eigenvalue weighted by atomic mass is 10.1. The van der Waals surface area contributed by atoms with Gasteiger partial charge in [-0.2, -0.15) is 5.26 Å². The van der Waals surface area contributed by atoms with E-state index >= 15 is 0 Å². The summed E-state index contributed by atoms with van der Waals surface area (Å²) in [5, 5.41) is 10.9. The van der Waals surface area contributed by atoms with E-state index in [9.17, 15) is 9.18 Å². The molecule has 0 unspecified atom stereocenters. The van der Waals surface area contributed by atoms with Crippen LogP contribution in [0.3, 0.4) is 0 Å². The van der Waals surface area contributed by atoms with Gasteiger partial charge in [0.2, 0.25) is 5.91 Å². The van der Waals surface area contributed by atoms with E-state index in [0.29, 0.717) is 0 Å². The second-order valence-corrected chi connectivity index (χ2v) is 3.98. The van der Waals surface area contributed by atoms with E-state index in [1.165, 1.54) is 26.0 Å². The molecule has 16 heavy (non-hydrogen) atoms. The van der Waals surface area contributed by atoms with Gasteiger partial charge in [0.1, 0.15) is 5.82 Å². The largest absolute Gasteiger partial charge is 0.322 e. The van der Waals surface area contributed by atoms with Gasteiger partial charge < -0.3 is 11.1 Å². The Bertz CT molecular complexity index is 457. The molecule has 1 aromatic rings. The third-order valence-electron chi connectivity index (χ3n) is 1.93. The lowest BCUT2D eigenvalue weighted by Crippen LogP contribution is -2.45. The van der Waals surface area contributed by atoms with Crippen molar-refractivity contribution in [1.29, 1.82) is 5.26 Å². The molecule has 1 rings (SSSR count). The van der Waals surface area contributed by atoms with Crippen LogP contribution in [0.2, 0.25) is 0 Å². The summed E-state index contributed by atoms with van der Waals surface area (Å²) in [5.74, 6) is -1.15. The van der Waals surface area contributed by atoms with Gasteiger partial charge in [-0.3, -0.25) is 4.79 Å². The number of nitrogens with one attached hydrogen (secondary N) is 1.